The molecule has 1 aromatic carbocycles. The van der Waals surface area contributed by atoms with Gasteiger partial charge in [-0.2, -0.15) is 5.10 Å². The van der Waals surface area contributed by atoms with E-state index >= 15 is 0 Å². The Hall–Kier alpha value is -3.75. The van der Waals surface area contributed by atoms with Gasteiger partial charge in [0.2, 0.25) is 5.91 Å². The number of amides is 1. The molecule has 0 saturated carbocycles. The molecule has 0 unspecified atom stereocenters. The number of para-hydroxylation sites is 2. The number of aryl methyl sites for hydroxylation is 1. The highest BCUT2D eigenvalue weighted by Crippen LogP contribution is 2.11. The third-order valence-electron chi connectivity index (χ3n) is 4.20. The summed E-state index contributed by atoms with van der Waals surface area (Å²) in [6.45, 7) is 3.18. The highest BCUT2D eigenvalue weighted by Gasteiger charge is 2.07. The van der Waals surface area contributed by atoms with Crippen molar-refractivity contribution in [2.45, 2.75) is 13.5 Å². The van der Waals surface area contributed by atoms with E-state index in [9.17, 15) is 4.79 Å². The minimum absolute atomic E-state index is 0.0691. The summed E-state index contributed by atoms with van der Waals surface area (Å²) in [5.74, 6) is 1.29. The van der Waals surface area contributed by atoms with Crippen molar-refractivity contribution in [2.24, 2.45) is 0 Å². The topological polar surface area (TPSA) is 103 Å². The van der Waals surface area contributed by atoms with Crippen molar-refractivity contribution in [1.82, 2.24) is 34.6 Å². The van der Waals surface area contributed by atoms with Gasteiger partial charge in [0.05, 0.1) is 23.1 Å². The van der Waals surface area contributed by atoms with Gasteiger partial charge in [0.25, 0.3) is 0 Å². The van der Waals surface area contributed by atoms with Gasteiger partial charge in [-0.15, -0.1) is 0 Å². The van der Waals surface area contributed by atoms with Crippen LogP contribution in [-0.4, -0.2) is 48.3 Å². The summed E-state index contributed by atoms with van der Waals surface area (Å²) in [5, 5.41) is 10.4. The van der Waals surface area contributed by atoms with Crippen LogP contribution in [0.5, 0.6) is 0 Å². The van der Waals surface area contributed by atoms with Crippen molar-refractivity contribution in [3.63, 3.8) is 0 Å². The molecule has 3 aromatic heterocycles. The van der Waals surface area contributed by atoms with Crippen molar-refractivity contribution in [2.75, 3.05) is 18.4 Å². The number of imidazole rings is 1. The Bertz CT molecular complexity index is 1100. The van der Waals surface area contributed by atoms with E-state index in [0.29, 0.717) is 24.7 Å². The molecule has 0 radical (unpaired) electrons. The zero-order valence-electron chi connectivity index (χ0n) is 15.4. The first-order chi connectivity index (χ1) is 13.7. The number of carbonyl (C=O) groups is 1. The molecule has 9 heteroatoms. The summed E-state index contributed by atoms with van der Waals surface area (Å²) >= 11 is 0. The Morgan fingerprint density at radius 2 is 2.00 bits per heavy atom. The number of nitrogens with zero attached hydrogens (tertiary/aromatic N) is 6. The first-order valence-corrected chi connectivity index (χ1v) is 8.94. The summed E-state index contributed by atoms with van der Waals surface area (Å²) in [6.07, 6.45) is 5.01. The van der Waals surface area contributed by atoms with Crippen LogP contribution in [0.25, 0.3) is 16.9 Å². The van der Waals surface area contributed by atoms with Crippen molar-refractivity contribution in [3.8, 4) is 5.82 Å². The molecule has 3 heterocycles. The minimum Gasteiger partial charge on any atom is -0.368 e. The Balaban J connectivity index is 1.27. The first kappa shape index (κ1) is 17.7. The quantitative estimate of drug-likeness (QED) is 0.475. The standard InChI is InChI=1S/C19H20N8O/c1-14-6-9-27(25-14)18-10-17(22-12-23-18)20-7-8-21-19(28)11-26-13-24-15-4-2-3-5-16(15)26/h2-6,9-10,12-13H,7-8,11H2,1H3,(H,21,28)(H,20,22,23). The number of hydrogen-bond donors (Lipinski definition) is 2. The average molecular weight is 376 g/mol. The van der Waals surface area contributed by atoms with Crippen LogP contribution in [0.15, 0.2) is 55.2 Å². The Morgan fingerprint density at radius 3 is 2.86 bits per heavy atom. The van der Waals surface area contributed by atoms with Gasteiger partial charge in [0.15, 0.2) is 5.82 Å². The molecule has 0 aliphatic carbocycles. The monoisotopic (exact) mass is 376 g/mol. The number of hydrogen-bond acceptors (Lipinski definition) is 6. The van der Waals surface area contributed by atoms with E-state index in [1.807, 2.05) is 54.1 Å². The molecule has 142 valence electrons. The number of nitrogens with one attached hydrogen (secondary N) is 2. The van der Waals surface area contributed by atoms with Crippen molar-refractivity contribution in [1.29, 1.82) is 0 Å². The molecule has 4 aromatic rings. The molecule has 0 aliphatic heterocycles. The molecular weight excluding hydrogens is 356 g/mol. The van der Waals surface area contributed by atoms with E-state index < -0.39 is 0 Å². The largest absolute Gasteiger partial charge is 0.368 e. The van der Waals surface area contributed by atoms with E-state index in [0.717, 1.165) is 16.7 Å². The van der Waals surface area contributed by atoms with E-state index in [-0.39, 0.29) is 12.5 Å². The van der Waals surface area contributed by atoms with Crippen LogP contribution in [0, 0.1) is 6.92 Å². The second-order valence-electron chi connectivity index (χ2n) is 6.30. The summed E-state index contributed by atoms with van der Waals surface area (Å²) in [7, 11) is 0. The SMILES string of the molecule is Cc1ccn(-c2cc(NCCNC(=O)Cn3cnc4ccccc43)ncn2)n1. The molecule has 0 bridgehead atoms. The number of fused-ring (bicyclic) bond motifs is 1. The summed E-state index contributed by atoms with van der Waals surface area (Å²) in [4.78, 5) is 24.9. The van der Waals surface area contributed by atoms with Crippen LogP contribution in [-0.2, 0) is 11.3 Å². The Kier molecular flexibility index (Phi) is 4.96. The van der Waals surface area contributed by atoms with Gasteiger partial charge in [-0.3, -0.25) is 4.79 Å². The second kappa shape index (κ2) is 7.87. The number of carbonyl (C=O) groups excluding carboxylic acids is 1. The lowest BCUT2D eigenvalue weighted by molar-refractivity contribution is -0.121. The summed E-state index contributed by atoms with van der Waals surface area (Å²) < 4.78 is 3.53. The summed E-state index contributed by atoms with van der Waals surface area (Å²) in [6, 6.07) is 11.5. The van der Waals surface area contributed by atoms with Crippen LogP contribution in [0.1, 0.15) is 5.69 Å². The Labute approximate surface area is 161 Å². The molecule has 2 N–H and O–H groups in total. The van der Waals surface area contributed by atoms with Gasteiger partial charge < -0.3 is 15.2 Å². The van der Waals surface area contributed by atoms with E-state index in [1.54, 1.807) is 11.0 Å². The first-order valence-electron chi connectivity index (χ1n) is 8.94. The molecule has 1 amide bonds. The van der Waals surface area contributed by atoms with E-state index in [4.69, 9.17) is 0 Å². The van der Waals surface area contributed by atoms with Gasteiger partial charge >= 0.3 is 0 Å². The molecule has 9 nitrogen and oxygen atoms in total. The lowest BCUT2D eigenvalue weighted by Gasteiger charge is -2.09. The predicted molar refractivity (Wildman–Crippen MR) is 105 cm³/mol. The highest BCUT2D eigenvalue weighted by atomic mass is 16.1. The van der Waals surface area contributed by atoms with Crippen molar-refractivity contribution >= 4 is 22.8 Å². The maximum Gasteiger partial charge on any atom is 0.240 e. The molecule has 0 saturated heterocycles. The maximum absolute atomic E-state index is 12.2. The van der Waals surface area contributed by atoms with Gasteiger partial charge in [0.1, 0.15) is 18.7 Å². The molecule has 0 atom stereocenters. The van der Waals surface area contributed by atoms with Gasteiger partial charge in [-0.05, 0) is 25.1 Å². The highest BCUT2D eigenvalue weighted by molar-refractivity contribution is 5.80. The van der Waals surface area contributed by atoms with Gasteiger partial charge in [-0.25, -0.2) is 19.6 Å². The number of anilines is 1. The number of rotatable bonds is 7. The lowest BCUT2D eigenvalue weighted by atomic mass is 10.3. The maximum atomic E-state index is 12.2. The fourth-order valence-electron chi connectivity index (χ4n) is 2.85. The molecular formula is C19H20N8O. The van der Waals surface area contributed by atoms with Gasteiger partial charge in [-0.1, -0.05) is 12.1 Å². The predicted octanol–water partition coefficient (Wildman–Crippen LogP) is 1.55. The molecule has 0 fully saturated rings. The van der Waals surface area contributed by atoms with Crippen LogP contribution in [0.3, 0.4) is 0 Å². The van der Waals surface area contributed by atoms with E-state index in [1.165, 1.54) is 6.33 Å². The summed E-state index contributed by atoms with van der Waals surface area (Å²) in [5.41, 5.74) is 2.74. The Morgan fingerprint density at radius 1 is 1.11 bits per heavy atom. The average Bonchev–Trinajstić information content (AvgIpc) is 3.32. The fraction of sp³-hybridized carbons (Fsp3) is 0.211. The van der Waals surface area contributed by atoms with Crippen molar-refractivity contribution < 1.29 is 4.79 Å². The fourth-order valence-corrected chi connectivity index (χ4v) is 2.85. The third kappa shape index (κ3) is 3.98. The number of benzene rings is 1. The van der Waals surface area contributed by atoms with E-state index in [2.05, 4.69) is 30.7 Å². The van der Waals surface area contributed by atoms with Crippen LogP contribution in [0.2, 0.25) is 0 Å². The van der Waals surface area contributed by atoms with Crippen LogP contribution < -0.4 is 10.6 Å². The van der Waals surface area contributed by atoms with Gasteiger partial charge in [0, 0.05) is 25.4 Å². The molecule has 4 rings (SSSR count). The van der Waals surface area contributed by atoms with Crippen molar-refractivity contribution in [3.05, 3.63) is 60.9 Å². The minimum atomic E-state index is -0.0691. The zero-order chi connectivity index (χ0) is 19.3. The lowest BCUT2D eigenvalue weighted by Crippen LogP contribution is -2.31. The zero-order valence-corrected chi connectivity index (χ0v) is 15.4. The molecule has 0 spiro atoms. The smallest absolute Gasteiger partial charge is 0.240 e. The number of aromatic nitrogens is 6. The molecule has 0 aliphatic rings. The van der Waals surface area contributed by atoms with Crippen LogP contribution >= 0.6 is 0 Å². The third-order valence-corrected chi connectivity index (χ3v) is 4.20. The molecule has 28 heavy (non-hydrogen) atoms. The normalized spacial score (nSPS) is 10.9. The van der Waals surface area contributed by atoms with Crippen LogP contribution in [0.4, 0.5) is 5.82 Å². The second-order valence-corrected chi connectivity index (χ2v) is 6.30.